The van der Waals surface area contributed by atoms with Gasteiger partial charge >= 0.3 is 5.69 Å². The number of para-hydroxylation sites is 2. The maximum absolute atomic E-state index is 12.1. The lowest BCUT2D eigenvalue weighted by atomic mass is 10.0. The summed E-state index contributed by atoms with van der Waals surface area (Å²) < 4.78 is 11.2. The van der Waals surface area contributed by atoms with Crippen molar-refractivity contribution >= 4 is 28.6 Å². The minimum atomic E-state index is -0.564. The van der Waals surface area contributed by atoms with Gasteiger partial charge in [0.15, 0.2) is 12.4 Å². The quantitative estimate of drug-likeness (QED) is 0.225. The van der Waals surface area contributed by atoms with Crippen LogP contribution < -0.4 is 14.9 Å². The van der Waals surface area contributed by atoms with Crippen LogP contribution in [0.15, 0.2) is 65.8 Å². The van der Waals surface area contributed by atoms with Gasteiger partial charge in [-0.2, -0.15) is 5.10 Å². The highest BCUT2D eigenvalue weighted by Gasteiger charge is 2.14. The fraction of sp³-hybridized carbons (Fsp3) is 0.217. The van der Waals surface area contributed by atoms with Crippen LogP contribution >= 0.6 is 0 Å². The summed E-state index contributed by atoms with van der Waals surface area (Å²) in [6, 6.07) is 17.6. The zero-order chi connectivity index (χ0) is 22.1. The summed E-state index contributed by atoms with van der Waals surface area (Å²) in [4.78, 5) is 22.6. The smallest absolute Gasteiger partial charge is 0.310 e. The Labute approximate surface area is 179 Å². The number of hydrazone groups is 1. The van der Waals surface area contributed by atoms with Crippen molar-refractivity contribution in [3.63, 3.8) is 0 Å². The second kappa shape index (κ2) is 10.7. The zero-order valence-electron chi connectivity index (χ0n) is 17.1. The van der Waals surface area contributed by atoms with E-state index in [9.17, 15) is 14.9 Å². The van der Waals surface area contributed by atoms with Crippen molar-refractivity contribution in [1.29, 1.82) is 0 Å². The van der Waals surface area contributed by atoms with Crippen LogP contribution in [-0.2, 0) is 4.79 Å². The third kappa shape index (κ3) is 5.79. The van der Waals surface area contributed by atoms with Crippen LogP contribution in [0.3, 0.4) is 0 Å². The molecule has 0 fully saturated rings. The SMILES string of the molecule is CCCCOc1ccc2ccccc2c1/C=N/NC(=O)COc1ccccc1[N+](=O)[O-]. The van der Waals surface area contributed by atoms with Crippen LogP contribution in [0.2, 0.25) is 0 Å². The Kier molecular flexibility index (Phi) is 7.53. The van der Waals surface area contributed by atoms with E-state index in [-0.39, 0.29) is 11.4 Å². The Morgan fingerprint density at radius 3 is 2.65 bits per heavy atom. The van der Waals surface area contributed by atoms with E-state index in [2.05, 4.69) is 17.5 Å². The van der Waals surface area contributed by atoms with Gasteiger partial charge in [-0.05, 0) is 29.3 Å². The van der Waals surface area contributed by atoms with Gasteiger partial charge in [-0.15, -0.1) is 0 Å². The lowest BCUT2D eigenvalue weighted by Crippen LogP contribution is -2.24. The van der Waals surface area contributed by atoms with Crippen LogP contribution in [0.4, 0.5) is 5.69 Å². The molecule has 0 bridgehead atoms. The predicted octanol–water partition coefficient (Wildman–Crippen LogP) is 4.46. The number of benzene rings is 3. The molecule has 8 heteroatoms. The average Bonchev–Trinajstić information content (AvgIpc) is 2.79. The second-order valence-corrected chi connectivity index (χ2v) is 6.71. The molecule has 0 saturated heterocycles. The standard InChI is InChI=1S/C23H23N3O5/c1-2-3-14-30-21-13-12-17-8-4-5-9-18(17)19(21)15-24-25-23(27)16-31-22-11-7-6-10-20(22)26(28)29/h4-13,15H,2-3,14,16H2,1H3,(H,25,27)/b24-15+. The number of hydrogen-bond donors (Lipinski definition) is 1. The summed E-state index contributed by atoms with van der Waals surface area (Å²) in [6.07, 6.45) is 3.49. The summed E-state index contributed by atoms with van der Waals surface area (Å²) in [5.41, 5.74) is 2.94. The van der Waals surface area contributed by atoms with Crippen LogP contribution in [0.1, 0.15) is 25.3 Å². The molecule has 0 aliphatic rings. The first-order valence-electron chi connectivity index (χ1n) is 9.93. The number of hydrogen-bond acceptors (Lipinski definition) is 6. The number of fused-ring (bicyclic) bond motifs is 1. The van der Waals surface area contributed by atoms with Gasteiger partial charge in [0.05, 0.1) is 17.7 Å². The number of carbonyl (C=O) groups excluding carboxylic acids is 1. The molecule has 0 atom stereocenters. The molecule has 3 rings (SSSR count). The molecule has 1 N–H and O–H groups in total. The van der Waals surface area contributed by atoms with Crippen molar-refractivity contribution in [1.82, 2.24) is 5.43 Å². The molecule has 0 aromatic heterocycles. The molecule has 1 amide bonds. The molecular formula is C23H23N3O5. The van der Waals surface area contributed by atoms with E-state index in [1.54, 1.807) is 6.07 Å². The van der Waals surface area contributed by atoms with Crippen LogP contribution in [0.25, 0.3) is 10.8 Å². The first-order chi connectivity index (χ1) is 15.1. The van der Waals surface area contributed by atoms with Gasteiger partial charge in [-0.3, -0.25) is 14.9 Å². The van der Waals surface area contributed by atoms with E-state index >= 15 is 0 Å². The predicted molar refractivity (Wildman–Crippen MR) is 119 cm³/mol. The molecule has 0 radical (unpaired) electrons. The topological polar surface area (TPSA) is 103 Å². The summed E-state index contributed by atoms with van der Waals surface area (Å²) in [7, 11) is 0. The van der Waals surface area contributed by atoms with Gasteiger partial charge in [0, 0.05) is 11.6 Å². The Bertz CT molecular complexity index is 1100. The number of carbonyl (C=O) groups is 1. The van der Waals surface area contributed by atoms with Crippen molar-refractivity contribution in [2.24, 2.45) is 5.10 Å². The third-order valence-corrected chi connectivity index (χ3v) is 4.49. The maximum Gasteiger partial charge on any atom is 0.310 e. The highest BCUT2D eigenvalue weighted by Crippen LogP contribution is 2.27. The van der Waals surface area contributed by atoms with Gasteiger partial charge < -0.3 is 9.47 Å². The normalized spacial score (nSPS) is 10.9. The van der Waals surface area contributed by atoms with Gasteiger partial charge in [0.1, 0.15) is 5.75 Å². The first kappa shape index (κ1) is 21.8. The second-order valence-electron chi connectivity index (χ2n) is 6.71. The van der Waals surface area contributed by atoms with E-state index in [1.807, 2.05) is 36.4 Å². The van der Waals surface area contributed by atoms with Crippen molar-refractivity contribution in [2.75, 3.05) is 13.2 Å². The largest absolute Gasteiger partial charge is 0.493 e. The van der Waals surface area contributed by atoms with Crippen molar-refractivity contribution < 1.29 is 19.2 Å². The number of nitro groups is 1. The number of nitro benzene ring substituents is 1. The van der Waals surface area contributed by atoms with E-state index in [0.29, 0.717) is 12.4 Å². The minimum Gasteiger partial charge on any atom is -0.493 e. The van der Waals surface area contributed by atoms with Gasteiger partial charge in [0.25, 0.3) is 5.91 Å². The first-order valence-corrected chi connectivity index (χ1v) is 9.93. The molecule has 0 aliphatic heterocycles. The van der Waals surface area contributed by atoms with E-state index < -0.39 is 17.4 Å². The minimum absolute atomic E-state index is 0.0206. The summed E-state index contributed by atoms with van der Waals surface area (Å²) in [6.45, 7) is 2.27. The Balaban J connectivity index is 1.69. The maximum atomic E-state index is 12.1. The average molecular weight is 421 g/mol. The van der Waals surface area contributed by atoms with Crippen molar-refractivity contribution in [3.8, 4) is 11.5 Å². The van der Waals surface area contributed by atoms with Crippen molar-refractivity contribution in [2.45, 2.75) is 19.8 Å². The summed E-state index contributed by atoms with van der Waals surface area (Å²) >= 11 is 0. The fourth-order valence-corrected chi connectivity index (χ4v) is 2.94. The molecule has 0 saturated carbocycles. The monoisotopic (exact) mass is 421 g/mol. The molecule has 0 unspecified atom stereocenters. The molecule has 3 aromatic carbocycles. The molecule has 8 nitrogen and oxygen atoms in total. The molecule has 0 spiro atoms. The highest BCUT2D eigenvalue weighted by atomic mass is 16.6. The summed E-state index contributed by atoms with van der Waals surface area (Å²) in [5, 5.41) is 17.0. The van der Waals surface area contributed by atoms with Gasteiger partial charge in [-0.1, -0.05) is 55.8 Å². The van der Waals surface area contributed by atoms with E-state index in [1.165, 1.54) is 24.4 Å². The van der Waals surface area contributed by atoms with E-state index in [0.717, 1.165) is 29.2 Å². The molecule has 31 heavy (non-hydrogen) atoms. The molecule has 3 aromatic rings. The number of amides is 1. The summed E-state index contributed by atoms with van der Waals surface area (Å²) in [5.74, 6) is 0.164. The number of rotatable bonds is 10. The number of ether oxygens (including phenoxy) is 2. The Morgan fingerprint density at radius 2 is 1.84 bits per heavy atom. The van der Waals surface area contributed by atoms with Crippen molar-refractivity contribution in [3.05, 3.63) is 76.3 Å². The molecule has 160 valence electrons. The van der Waals surface area contributed by atoms with E-state index in [4.69, 9.17) is 9.47 Å². The lowest BCUT2D eigenvalue weighted by Gasteiger charge is -2.11. The Hall–Kier alpha value is -3.94. The fourth-order valence-electron chi connectivity index (χ4n) is 2.94. The Morgan fingerprint density at radius 1 is 1.06 bits per heavy atom. The highest BCUT2D eigenvalue weighted by molar-refractivity contribution is 6.02. The molecule has 0 heterocycles. The molecule has 0 aliphatic carbocycles. The lowest BCUT2D eigenvalue weighted by molar-refractivity contribution is -0.385. The van der Waals surface area contributed by atoms with Crippen LogP contribution in [0.5, 0.6) is 11.5 Å². The third-order valence-electron chi connectivity index (χ3n) is 4.49. The molecular weight excluding hydrogens is 398 g/mol. The number of unbranched alkanes of at least 4 members (excludes halogenated alkanes) is 1. The van der Waals surface area contributed by atoms with Crippen LogP contribution in [0, 0.1) is 10.1 Å². The van der Waals surface area contributed by atoms with Gasteiger partial charge in [-0.25, -0.2) is 5.43 Å². The number of nitrogens with zero attached hydrogens (tertiary/aromatic N) is 2. The number of nitrogens with one attached hydrogen (secondary N) is 1. The van der Waals surface area contributed by atoms with Gasteiger partial charge in [0.2, 0.25) is 0 Å². The van der Waals surface area contributed by atoms with Crippen LogP contribution in [-0.4, -0.2) is 30.3 Å². The zero-order valence-corrected chi connectivity index (χ0v) is 17.1.